The van der Waals surface area contributed by atoms with Crippen LogP contribution in [0.25, 0.3) is 0 Å². The lowest BCUT2D eigenvalue weighted by Gasteiger charge is -2.08. The first-order valence-electron chi connectivity index (χ1n) is 5.88. The van der Waals surface area contributed by atoms with Crippen LogP contribution in [0.2, 0.25) is 0 Å². The van der Waals surface area contributed by atoms with Gasteiger partial charge in [0, 0.05) is 24.6 Å². The van der Waals surface area contributed by atoms with Crippen LogP contribution in [-0.2, 0) is 20.9 Å². The van der Waals surface area contributed by atoms with Crippen molar-refractivity contribution >= 4 is 11.9 Å². The molecule has 1 aromatic heterocycles. The molecule has 5 nitrogen and oxygen atoms in total. The summed E-state index contributed by atoms with van der Waals surface area (Å²) in [5.74, 6) is -0.183. The Labute approximate surface area is 106 Å². The fraction of sp³-hybridized carbons (Fsp3) is 0.462. The molecule has 0 N–H and O–H groups in total. The van der Waals surface area contributed by atoms with E-state index in [4.69, 9.17) is 9.47 Å². The van der Waals surface area contributed by atoms with Crippen LogP contribution in [0.15, 0.2) is 12.3 Å². The van der Waals surface area contributed by atoms with E-state index in [1.54, 1.807) is 33.0 Å². The number of rotatable bonds is 5. The molecule has 0 aliphatic heterocycles. The van der Waals surface area contributed by atoms with E-state index < -0.39 is 0 Å². The van der Waals surface area contributed by atoms with Crippen molar-refractivity contribution < 1.29 is 19.1 Å². The minimum Gasteiger partial charge on any atom is -0.461 e. The van der Waals surface area contributed by atoms with E-state index in [-0.39, 0.29) is 18.5 Å². The second-order valence-corrected chi connectivity index (χ2v) is 3.77. The molecule has 0 aliphatic carbocycles. The number of aryl methyl sites for hydroxylation is 1. The van der Waals surface area contributed by atoms with Gasteiger partial charge in [0.2, 0.25) is 0 Å². The summed E-state index contributed by atoms with van der Waals surface area (Å²) >= 11 is 0. The van der Waals surface area contributed by atoms with Crippen molar-refractivity contribution in [2.45, 2.75) is 40.2 Å². The lowest BCUT2D eigenvalue weighted by molar-refractivity contribution is -0.144. The van der Waals surface area contributed by atoms with Gasteiger partial charge in [0.1, 0.15) is 6.61 Å². The summed E-state index contributed by atoms with van der Waals surface area (Å²) in [5.41, 5.74) is 1.32. The molecule has 0 saturated heterocycles. The van der Waals surface area contributed by atoms with Crippen molar-refractivity contribution in [3.8, 4) is 5.75 Å². The molecule has 0 fully saturated rings. The fourth-order valence-electron chi connectivity index (χ4n) is 1.20. The molecular weight excluding hydrogens is 234 g/mol. The summed E-state index contributed by atoms with van der Waals surface area (Å²) in [7, 11) is 0. The van der Waals surface area contributed by atoms with Gasteiger partial charge in [-0.1, -0.05) is 13.8 Å². The maximum atomic E-state index is 11.2. The zero-order chi connectivity index (χ0) is 13.5. The maximum Gasteiger partial charge on any atom is 0.310 e. The van der Waals surface area contributed by atoms with Crippen LogP contribution in [-0.4, -0.2) is 16.9 Å². The van der Waals surface area contributed by atoms with E-state index in [0.29, 0.717) is 29.8 Å². The van der Waals surface area contributed by atoms with E-state index in [9.17, 15) is 9.59 Å². The topological polar surface area (TPSA) is 65.5 Å². The molecule has 18 heavy (non-hydrogen) atoms. The summed E-state index contributed by atoms with van der Waals surface area (Å²) in [6.07, 6.45) is 2.23. The minimum absolute atomic E-state index is 0.136. The van der Waals surface area contributed by atoms with Gasteiger partial charge in [-0.25, -0.2) is 0 Å². The zero-order valence-electron chi connectivity index (χ0n) is 10.9. The molecule has 5 heteroatoms. The molecule has 0 amide bonds. The molecule has 1 heterocycles. The van der Waals surface area contributed by atoms with Crippen molar-refractivity contribution in [1.82, 2.24) is 4.98 Å². The second kappa shape index (κ2) is 6.74. The van der Waals surface area contributed by atoms with Gasteiger partial charge in [-0.3, -0.25) is 14.6 Å². The van der Waals surface area contributed by atoms with Gasteiger partial charge in [-0.2, -0.15) is 0 Å². The lowest BCUT2D eigenvalue weighted by atomic mass is 10.2. The quantitative estimate of drug-likeness (QED) is 0.750. The first-order valence-corrected chi connectivity index (χ1v) is 5.88. The normalized spacial score (nSPS) is 9.94. The number of ether oxygens (including phenoxy) is 2. The molecule has 0 atom stereocenters. The first-order chi connectivity index (χ1) is 8.56. The third-order valence-electron chi connectivity index (χ3n) is 2.30. The molecule has 0 aliphatic rings. The number of carbonyl (C=O) groups is 2. The molecule has 0 spiro atoms. The number of esters is 2. The minimum atomic E-state index is -0.317. The highest BCUT2D eigenvalue weighted by Gasteiger charge is 2.08. The summed E-state index contributed by atoms with van der Waals surface area (Å²) in [6, 6.07) is 1.67. The highest BCUT2D eigenvalue weighted by molar-refractivity contribution is 5.72. The number of pyridine rings is 1. The monoisotopic (exact) mass is 251 g/mol. The maximum absolute atomic E-state index is 11.2. The number of hydrogen-bond donors (Lipinski definition) is 0. The molecule has 0 saturated carbocycles. The Morgan fingerprint density at radius 2 is 1.89 bits per heavy atom. The number of carbonyl (C=O) groups excluding carboxylic acids is 2. The van der Waals surface area contributed by atoms with Crippen LogP contribution in [0.5, 0.6) is 5.75 Å². The van der Waals surface area contributed by atoms with E-state index in [2.05, 4.69) is 4.98 Å². The highest BCUT2D eigenvalue weighted by atomic mass is 16.5. The summed E-state index contributed by atoms with van der Waals surface area (Å²) < 4.78 is 10.1. The summed E-state index contributed by atoms with van der Waals surface area (Å²) in [6.45, 7) is 5.33. The highest BCUT2D eigenvalue weighted by Crippen LogP contribution is 2.18. The van der Waals surface area contributed by atoms with E-state index in [1.807, 2.05) is 0 Å². The van der Waals surface area contributed by atoms with Crippen molar-refractivity contribution in [2.24, 2.45) is 0 Å². The van der Waals surface area contributed by atoms with Gasteiger partial charge < -0.3 is 9.47 Å². The molecule has 98 valence electrons. The first kappa shape index (κ1) is 14.2. The van der Waals surface area contributed by atoms with Gasteiger partial charge in [0.25, 0.3) is 0 Å². The van der Waals surface area contributed by atoms with E-state index >= 15 is 0 Å². The van der Waals surface area contributed by atoms with Crippen molar-refractivity contribution in [3.63, 3.8) is 0 Å². The number of aromatic nitrogens is 1. The van der Waals surface area contributed by atoms with E-state index in [1.165, 1.54) is 0 Å². The zero-order valence-corrected chi connectivity index (χ0v) is 10.9. The van der Waals surface area contributed by atoms with Crippen LogP contribution >= 0.6 is 0 Å². The molecule has 1 aromatic rings. The van der Waals surface area contributed by atoms with Crippen molar-refractivity contribution in [3.05, 3.63) is 23.5 Å². The van der Waals surface area contributed by atoms with Gasteiger partial charge >= 0.3 is 11.9 Å². The average molecular weight is 251 g/mol. The molecule has 0 aromatic carbocycles. The van der Waals surface area contributed by atoms with Gasteiger partial charge in [-0.05, 0) is 13.0 Å². The average Bonchev–Trinajstić information content (AvgIpc) is 2.38. The van der Waals surface area contributed by atoms with Crippen LogP contribution in [0.1, 0.15) is 37.9 Å². The van der Waals surface area contributed by atoms with Crippen LogP contribution in [0.3, 0.4) is 0 Å². The Balaban J connectivity index is 2.74. The third kappa shape index (κ3) is 4.16. The summed E-state index contributed by atoms with van der Waals surface area (Å²) in [4.78, 5) is 26.4. The van der Waals surface area contributed by atoms with Gasteiger partial charge in [-0.15, -0.1) is 0 Å². The second-order valence-electron chi connectivity index (χ2n) is 3.77. The SMILES string of the molecule is CCC(=O)OCc1cnc(C)c(OC(=O)CC)c1. The molecule has 0 bridgehead atoms. The Hall–Kier alpha value is -1.91. The Morgan fingerprint density at radius 3 is 2.50 bits per heavy atom. The van der Waals surface area contributed by atoms with Gasteiger partial charge in [0.05, 0.1) is 5.69 Å². The van der Waals surface area contributed by atoms with Crippen molar-refractivity contribution in [1.29, 1.82) is 0 Å². The van der Waals surface area contributed by atoms with Crippen LogP contribution in [0.4, 0.5) is 0 Å². The summed E-state index contributed by atoms with van der Waals surface area (Å²) in [5, 5.41) is 0. The smallest absolute Gasteiger partial charge is 0.310 e. The van der Waals surface area contributed by atoms with E-state index in [0.717, 1.165) is 0 Å². The third-order valence-corrected chi connectivity index (χ3v) is 2.30. The standard InChI is InChI=1S/C13H17NO4/c1-4-12(15)17-8-10-6-11(9(3)14-7-10)18-13(16)5-2/h6-7H,4-5,8H2,1-3H3. The fourth-order valence-corrected chi connectivity index (χ4v) is 1.20. The molecular formula is C13H17NO4. The Bertz CT molecular complexity index is 443. The van der Waals surface area contributed by atoms with Crippen LogP contribution < -0.4 is 4.74 Å². The van der Waals surface area contributed by atoms with Crippen molar-refractivity contribution in [2.75, 3.05) is 0 Å². The molecule has 0 unspecified atom stereocenters. The predicted octanol–water partition coefficient (Wildman–Crippen LogP) is 2.16. The molecule has 0 radical (unpaired) electrons. The molecule has 1 rings (SSSR count). The van der Waals surface area contributed by atoms with Gasteiger partial charge in [0.15, 0.2) is 5.75 Å². The number of hydrogen-bond acceptors (Lipinski definition) is 5. The predicted molar refractivity (Wildman–Crippen MR) is 65.0 cm³/mol. The Morgan fingerprint density at radius 1 is 1.22 bits per heavy atom. The lowest BCUT2D eigenvalue weighted by Crippen LogP contribution is -2.08. The Kier molecular flexibility index (Phi) is 5.30. The largest absolute Gasteiger partial charge is 0.461 e. The van der Waals surface area contributed by atoms with Crippen LogP contribution in [0, 0.1) is 6.92 Å². The number of nitrogens with zero attached hydrogens (tertiary/aromatic N) is 1.